The van der Waals surface area contributed by atoms with Crippen molar-refractivity contribution < 1.29 is 23.1 Å². The molecule has 6 rings (SSSR count). The summed E-state index contributed by atoms with van der Waals surface area (Å²) in [5, 5.41) is 12.2. The molecule has 1 amide bonds. The molecule has 2 N–H and O–H groups in total. The molecule has 4 aliphatic rings. The van der Waals surface area contributed by atoms with Crippen molar-refractivity contribution in [2.24, 2.45) is 17.3 Å². The molecule has 1 unspecified atom stereocenters. The van der Waals surface area contributed by atoms with Crippen molar-refractivity contribution in [2.75, 3.05) is 24.6 Å². The maximum atomic E-state index is 13.5. The number of nitrogens with zero attached hydrogens (tertiary/aromatic N) is 1. The van der Waals surface area contributed by atoms with Crippen LogP contribution < -0.4 is 14.4 Å². The van der Waals surface area contributed by atoms with Crippen molar-refractivity contribution >= 4 is 33.2 Å². The van der Waals surface area contributed by atoms with Gasteiger partial charge in [-0.15, -0.1) is 0 Å². The largest absolute Gasteiger partial charge is 0.490 e. The number of anilines is 1. The van der Waals surface area contributed by atoms with Crippen LogP contribution in [0.2, 0.25) is 5.02 Å². The first-order chi connectivity index (χ1) is 21.3. The predicted molar refractivity (Wildman–Crippen MR) is 180 cm³/mol. The van der Waals surface area contributed by atoms with E-state index in [2.05, 4.69) is 35.6 Å². The van der Waals surface area contributed by atoms with Gasteiger partial charge in [0.25, 0.3) is 5.91 Å². The first kappa shape index (κ1) is 32.4. The zero-order valence-electron chi connectivity index (χ0n) is 26.9. The zero-order chi connectivity index (χ0) is 32.2. The Labute approximate surface area is 273 Å². The predicted octanol–water partition coefficient (Wildman–Crippen LogP) is 6.80. The minimum absolute atomic E-state index is 0.0399. The number of hydrogen-bond acceptors (Lipinski definition) is 6. The van der Waals surface area contributed by atoms with Crippen molar-refractivity contribution in [1.29, 1.82) is 0 Å². The van der Waals surface area contributed by atoms with Gasteiger partial charge in [-0.05, 0) is 111 Å². The molecule has 1 saturated carbocycles. The van der Waals surface area contributed by atoms with Gasteiger partial charge < -0.3 is 14.7 Å². The van der Waals surface area contributed by atoms with Gasteiger partial charge in [-0.25, -0.2) is 13.1 Å². The lowest BCUT2D eigenvalue weighted by Crippen LogP contribution is -2.58. The monoisotopic (exact) mass is 654 g/mol. The highest BCUT2D eigenvalue weighted by Gasteiger charge is 2.54. The van der Waals surface area contributed by atoms with E-state index in [0.29, 0.717) is 38.3 Å². The van der Waals surface area contributed by atoms with Crippen LogP contribution in [-0.4, -0.2) is 50.0 Å². The number of aryl methyl sites for hydroxylation is 1. The highest BCUT2D eigenvalue weighted by Crippen LogP contribution is 2.55. The van der Waals surface area contributed by atoms with Gasteiger partial charge in [0, 0.05) is 29.1 Å². The Kier molecular flexibility index (Phi) is 8.58. The van der Waals surface area contributed by atoms with E-state index in [4.69, 9.17) is 16.3 Å². The average Bonchev–Trinajstić information content (AvgIpc) is 3.12. The number of allylic oxidation sites excluding steroid dienone is 1. The Balaban J connectivity index is 1.48. The summed E-state index contributed by atoms with van der Waals surface area (Å²) in [4.78, 5) is 15.8. The number of ether oxygens (including phenoxy) is 1. The highest BCUT2D eigenvalue weighted by atomic mass is 35.5. The van der Waals surface area contributed by atoms with Crippen molar-refractivity contribution in [3.05, 3.63) is 70.3 Å². The third-order valence-corrected chi connectivity index (χ3v) is 13.5. The second kappa shape index (κ2) is 11.9. The van der Waals surface area contributed by atoms with Crippen LogP contribution in [0.5, 0.6) is 5.75 Å². The number of rotatable bonds is 2. The second-order valence-electron chi connectivity index (χ2n) is 14.5. The molecule has 0 saturated heterocycles. The number of carbonyl (C=O) groups excluding carboxylic acids is 1. The SMILES string of the molecule is CCC[C@]1(O)/C=C/C[C@H](C)[C@@H](C)S(=O)(=O)NC(=O)c2ccc3c(c2)N(CC2(C)CC[C@H]21)C[C@@]1(CCCc2cc(Cl)ccc21)CO3. The molecule has 6 atom stereocenters. The van der Waals surface area contributed by atoms with E-state index in [1.54, 1.807) is 25.1 Å². The molecule has 2 aliphatic carbocycles. The van der Waals surface area contributed by atoms with Gasteiger partial charge in [-0.1, -0.05) is 57.0 Å². The van der Waals surface area contributed by atoms with Gasteiger partial charge in [-0.2, -0.15) is 0 Å². The smallest absolute Gasteiger partial charge is 0.264 e. The Morgan fingerprint density at radius 3 is 2.67 bits per heavy atom. The van der Waals surface area contributed by atoms with Gasteiger partial charge >= 0.3 is 0 Å². The van der Waals surface area contributed by atoms with Crippen LogP contribution in [0.1, 0.15) is 94.1 Å². The lowest BCUT2D eigenvalue weighted by Gasteiger charge is -2.56. The fourth-order valence-electron chi connectivity index (χ4n) is 8.53. The maximum absolute atomic E-state index is 13.5. The number of sulfonamides is 1. The fourth-order valence-corrected chi connectivity index (χ4v) is 10.0. The molecule has 2 aromatic carbocycles. The number of amides is 1. The van der Waals surface area contributed by atoms with E-state index in [-0.39, 0.29) is 28.2 Å². The Morgan fingerprint density at radius 2 is 1.93 bits per heavy atom. The third-order valence-electron chi connectivity index (χ3n) is 11.4. The normalized spacial score (nSPS) is 35.2. The fraction of sp³-hybridized carbons (Fsp3) is 0.583. The first-order valence-electron chi connectivity index (χ1n) is 16.6. The molecule has 2 bridgehead atoms. The summed E-state index contributed by atoms with van der Waals surface area (Å²) in [6.07, 6.45) is 10.7. The van der Waals surface area contributed by atoms with Crippen LogP contribution in [0, 0.1) is 17.3 Å². The zero-order valence-corrected chi connectivity index (χ0v) is 28.5. The van der Waals surface area contributed by atoms with Gasteiger partial charge in [0.15, 0.2) is 0 Å². The van der Waals surface area contributed by atoms with Crippen LogP contribution in [0.3, 0.4) is 0 Å². The number of aliphatic hydroxyl groups is 1. The number of benzene rings is 2. The van der Waals surface area contributed by atoms with Crippen LogP contribution in [0.4, 0.5) is 5.69 Å². The summed E-state index contributed by atoms with van der Waals surface area (Å²) in [6.45, 7) is 9.74. The standard InChI is InChI=1S/C36H47ClN2O5S/c1-5-15-36(41)17-6-8-24(2)25(3)45(42,43)38-33(40)27-10-13-31-30(20-27)39(21-34(4)18-14-32(34)36)22-35(23-44-31)16-7-9-26-19-28(37)11-12-29(26)35/h6,10-13,17,19-20,24-25,32,41H,5,7-9,14-16,18,21-23H2,1-4H3,(H,38,40)/b17-6+/t24-,25+,32+,34?,35-,36-/m0/s1. The van der Waals surface area contributed by atoms with E-state index in [0.717, 1.165) is 49.2 Å². The molecule has 2 aliphatic heterocycles. The van der Waals surface area contributed by atoms with E-state index in [9.17, 15) is 18.3 Å². The molecule has 0 aromatic heterocycles. The highest BCUT2D eigenvalue weighted by molar-refractivity contribution is 7.90. The summed E-state index contributed by atoms with van der Waals surface area (Å²) < 4.78 is 35.6. The molecule has 9 heteroatoms. The minimum atomic E-state index is -3.95. The minimum Gasteiger partial charge on any atom is -0.490 e. The Morgan fingerprint density at radius 1 is 1.13 bits per heavy atom. The van der Waals surface area contributed by atoms with E-state index >= 15 is 0 Å². The summed E-state index contributed by atoms with van der Waals surface area (Å²) >= 11 is 6.43. The van der Waals surface area contributed by atoms with Crippen molar-refractivity contribution in [3.63, 3.8) is 0 Å². The molecule has 2 heterocycles. The second-order valence-corrected chi connectivity index (χ2v) is 17.0. The number of hydrogen-bond donors (Lipinski definition) is 2. The molecule has 45 heavy (non-hydrogen) atoms. The summed E-state index contributed by atoms with van der Waals surface area (Å²) in [7, 11) is -3.95. The molecular weight excluding hydrogens is 608 g/mol. The molecule has 0 radical (unpaired) electrons. The Bertz CT molecular complexity index is 1610. The molecule has 7 nitrogen and oxygen atoms in total. The number of fused-ring (bicyclic) bond motifs is 4. The van der Waals surface area contributed by atoms with Crippen LogP contribution in [0.15, 0.2) is 48.6 Å². The lowest BCUT2D eigenvalue weighted by atomic mass is 9.54. The van der Waals surface area contributed by atoms with E-state index in [1.807, 2.05) is 25.1 Å². The van der Waals surface area contributed by atoms with E-state index in [1.165, 1.54) is 11.1 Å². The van der Waals surface area contributed by atoms with Crippen LogP contribution in [-0.2, 0) is 21.9 Å². The molecule has 1 fully saturated rings. The van der Waals surface area contributed by atoms with Crippen molar-refractivity contribution in [1.82, 2.24) is 4.72 Å². The van der Waals surface area contributed by atoms with Gasteiger partial charge in [0.1, 0.15) is 5.75 Å². The third kappa shape index (κ3) is 5.91. The van der Waals surface area contributed by atoms with Gasteiger partial charge in [0.2, 0.25) is 10.0 Å². The lowest BCUT2D eigenvalue weighted by molar-refractivity contribution is -0.0980. The van der Waals surface area contributed by atoms with Crippen molar-refractivity contribution in [3.8, 4) is 5.75 Å². The number of halogens is 1. The topological polar surface area (TPSA) is 95.9 Å². The quantitative estimate of drug-likeness (QED) is 0.346. The molecule has 2 aromatic rings. The van der Waals surface area contributed by atoms with Crippen molar-refractivity contribution in [2.45, 2.75) is 95.3 Å². The molecular formula is C36H47ClN2O5S. The first-order valence-corrected chi connectivity index (χ1v) is 18.5. The van der Waals surface area contributed by atoms with E-state index < -0.39 is 26.8 Å². The Hall–Kier alpha value is -2.55. The van der Waals surface area contributed by atoms with Crippen LogP contribution in [0.25, 0.3) is 0 Å². The van der Waals surface area contributed by atoms with Gasteiger partial charge in [-0.3, -0.25) is 4.79 Å². The number of nitrogens with one attached hydrogen (secondary N) is 1. The van der Waals surface area contributed by atoms with Gasteiger partial charge in [0.05, 0.1) is 23.1 Å². The van der Waals surface area contributed by atoms with Crippen LogP contribution >= 0.6 is 11.6 Å². The maximum Gasteiger partial charge on any atom is 0.264 e. The molecule has 1 spiro atoms. The summed E-state index contributed by atoms with van der Waals surface area (Å²) in [5.41, 5.74) is 2.10. The molecule has 244 valence electrons. The average molecular weight is 655 g/mol. The summed E-state index contributed by atoms with van der Waals surface area (Å²) in [6, 6.07) is 11.4. The summed E-state index contributed by atoms with van der Waals surface area (Å²) in [5.74, 6) is -0.170. The number of carbonyl (C=O) groups is 1.